The third kappa shape index (κ3) is 12.1. The predicted octanol–water partition coefficient (Wildman–Crippen LogP) is 3.36. The highest BCUT2D eigenvalue weighted by Crippen LogP contribution is 2.37. The van der Waals surface area contributed by atoms with Gasteiger partial charge in [-0.1, -0.05) is 23.2 Å². The van der Waals surface area contributed by atoms with Crippen LogP contribution in [0.2, 0.25) is 0 Å². The topological polar surface area (TPSA) is 156 Å². The molecule has 0 fully saturated rings. The first-order valence-electron chi connectivity index (χ1n) is 10.2. The van der Waals surface area contributed by atoms with E-state index in [1.54, 1.807) is 25.3 Å². The van der Waals surface area contributed by atoms with Crippen molar-refractivity contribution in [1.82, 2.24) is 4.90 Å². The molecule has 178 valence electrons. The van der Waals surface area contributed by atoms with Crippen LogP contribution < -0.4 is 14.2 Å². The molecule has 0 heterocycles. The van der Waals surface area contributed by atoms with Gasteiger partial charge in [0.25, 0.3) is 0 Å². The second kappa shape index (κ2) is 18.8. The second-order valence-electron chi connectivity index (χ2n) is 6.09. The molecule has 0 aliphatic carbocycles. The highest BCUT2D eigenvalue weighted by molar-refractivity contribution is 5.51. The third-order valence-corrected chi connectivity index (χ3v) is 4.08. The minimum atomic E-state index is -0.207. The Labute approximate surface area is 187 Å². The predicted molar refractivity (Wildman–Crippen MR) is 117 cm³/mol. The summed E-state index contributed by atoms with van der Waals surface area (Å²) in [6, 6.07) is 4.96. The molecule has 13 heteroatoms. The van der Waals surface area contributed by atoms with E-state index in [1.807, 2.05) is 0 Å². The van der Waals surface area contributed by atoms with Gasteiger partial charge in [0.15, 0.2) is 25.0 Å². The fourth-order valence-electron chi connectivity index (χ4n) is 2.48. The van der Waals surface area contributed by atoms with Gasteiger partial charge in [0.1, 0.15) is 6.61 Å². The Kier molecular flexibility index (Phi) is 15.9. The van der Waals surface area contributed by atoms with Crippen LogP contribution in [0.1, 0.15) is 6.92 Å². The Hall–Kier alpha value is -2.92. The Morgan fingerprint density at radius 3 is 1.94 bits per heavy atom. The van der Waals surface area contributed by atoms with Crippen LogP contribution in [-0.2, 0) is 14.2 Å². The van der Waals surface area contributed by atoms with E-state index in [1.165, 1.54) is 0 Å². The van der Waals surface area contributed by atoms with Crippen molar-refractivity contribution >= 4 is 0 Å². The van der Waals surface area contributed by atoms with Gasteiger partial charge >= 0.3 is 0 Å². The van der Waals surface area contributed by atoms with Crippen LogP contribution >= 0.6 is 0 Å². The number of hydrogen-bond donors (Lipinski definition) is 0. The first-order valence-corrected chi connectivity index (χ1v) is 10.2. The van der Waals surface area contributed by atoms with E-state index in [0.717, 1.165) is 19.6 Å². The molecule has 0 N–H and O–H groups in total. The number of methoxy groups -OCH3 is 1. The molecule has 0 atom stereocenters. The number of rotatable bonds is 20. The van der Waals surface area contributed by atoms with Gasteiger partial charge in [-0.05, 0) is 29.7 Å². The average molecular weight is 454 g/mol. The van der Waals surface area contributed by atoms with Crippen molar-refractivity contribution in [2.75, 3.05) is 79.8 Å². The number of likely N-dealkylation sites (N-methyl/N-ethyl adjacent to an activating group) is 1. The van der Waals surface area contributed by atoms with Gasteiger partial charge in [-0.2, -0.15) is 0 Å². The summed E-state index contributed by atoms with van der Waals surface area (Å²) in [7, 11) is 1.69. The van der Waals surface area contributed by atoms with Crippen molar-refractivity contribution in [3.8, 4) is 17.2 Å². The molecule has 1 rings (SSSR count). The molecule has 0 saturated carbocycles. The molecule has 0 bridgehead atoms. The Morgan fingerprint density at radius 2 is 1.38 bits per heavy atom. The molecule has 1 aromatic carbocycles. The smallest absolute Gasteiger partial charge is 0.203 e. The molecule has 1 aromatic rings. The molecule has 0 radical (unpaired) electrons. The van der Waals surface area contributed by atoms with E-state index in [4.69, 9.17) is 39.5 Å². The lowest BCUT2D eigenvalue weighted by Crippen LogP contribution is -2.31. The Bertz CT molecular complexity index is 686. The zero-order chi connectivity index (χ0) is 23.3. The summed E-state index contributed by atoms with van der Waals surface area (Å²) in [6.45, 7) is 7.14. The van der Waals surface area contributed by atoms with E-state index >= 15 is 0 Å². The summed E-state index contributed by atoms with van der Waals surface area (Å²) in [5, 5.41) is 6.67. The van der Waals surface area contributed by atoms with Crippen molar-refractivity contribution in [2.24, 2.45) is 10.2 Å². The van der Waals surface area contributed by atoms with Crippen LogP contribution in [0.3, 0.4) is 0 Å². The van der Waals surface area contributed by atoms with Gasteiger partial charge in [0, 0.05) is 30.0 Å². The molecule has 0 amide bonds. The van der Waals surface area contributed by atoms with Gasteiger partial charge in [0.05, 0.1) is 33.0 Å². The number of benzene rings is 1. The lowest BCUT2D eigenvalue weighted by Gasteiger charge is -2.19. The fourth-order valence-corrected chi connectivity index (χ4v) is 2.48. The normalized spacial score (nSPS) is 10.3. The number of para-hydroxylation sites is 1. The standard InChI is InChI=1S/C19H31N7O6/c1-3-26(7-9-27-2)8-10-28-11-12-29-13-14-30-19-17(31-15-22-24-20)5-4-6-18(19)32-16-23-25-21/h4-6H,3,7-16H2,1-2H3. The van der Waals surface area contributed by atoms with Gasteiger partial charge in [-0.15, -0.1) is 0 Å². The summed E-state index contributed by atoms with van der Waals surface area (Å²) in [5.41, 5.74) is 16.8. The molecule has 13 nitrogen and oxygen atoms in total. The summed E-state index contributed by atoms with van der Waals surface area (Å²) in [5.74, 6) is 0.950. The van der Waals surface area contributed by atoms with Gasteiger partial charge in [-0.3, -0.25) is 4.90 Å². The lowest BCUT2D eigenvalue weighted by molar-refractivity contribution is 0.0270. The van der Waals surface area contributed by atoms with E-state index < -0.39 is 0 Å². The molecule has 32 heavy (non-hydrogen) atoms. The van der Waals surface area contributed by atoms with E-state index in [-0.39, 0.29) is 20.1 Å². The van der Waals surface area contributed by atoms with E-state index in [9.17, 15) is 0 Å². The maximum absolute atomic E-state index is 8.41. The van der Waals surface area contributed by atoms with E-state index in [2.05, 4.69) is 31.9 Å². The van der Waals surface area contributed by atoms with E-state index in [0.29, 0.717) is 50.3 Å². The number of azide groups is 2. The van der Waals surface area contributed by atoms with Gasteiger partial charge < -0.3 is 28.4 Å². The van der Waals surface area contributed by atoms with Crippen molar-refractivity contribution < 1.29 is 28.4 Å². The molecule has 0 aliphatic heterocycles. The maximum Gasteiger partial charge on any atom is 0.203 e. The molecule has 0 aromatic heterocycles. The van der Waals surface area contributed by atoms with Crippen molar-refractivity contribution in [3.05, 3.63) is 39.1 Å². The van der Waals surface area contributed by atoms with Crippen LogP contribution in [0.25, 0.3) is 20.9 Å². The highest BCUT2D eigenvalue weighted by atomic mass is 16.6. The summed E-state index contributed by atoms with van der Waals surface area (Å²) in [6.07, 6.45) is 0. The van der Waals surface area contributed by atoms with Crippen molar-refractivity contribution in [2.45, 2.75) is 6.92 Å². The monoisotopic (exact) mass is 453 g/mol. The summed E-state index contributed by atoms with van der Waals surface area (Å²) in [4.78, 5) is 7.53. The van der Waals surface area contributed by atoms with Crippen LogP contribution in [0, 0.1) is 0 Å². The Balaban J connectivity index is 2.36. The molecule has 0 saturated heterocycles. The largest absolute Gasteiger partial charge is 0.484 e. The minimum Gasteiger partial charge on any atom is -0.484 e. The molecule has 0 spiro atoms. The molecule has 0 unspecified atom stereocenters. The van der Waals surface area contributed by atoms with Crippen LogP contribution in [-0.4, -0.2) is 84.7 Å². The SMILES string of the molecule is CCN(CCOC)CCOCCOCCOc1c(OCN=[N+]=[N-])cccc1OCN=[N+]=[N-]. The highest BCUT2D eigenvalue weighted by Gasteiger charge is 2.12. The summed E-state index contributed by atoms with van der Waals surface area (Å²) < 4.78 is 32.7. The van der Waals surface area contributed by atoms with Gasteiger partial charge in [0.2, 0.25) is 5.75 Å². The quantitative estimate of drug-likeness (QED) is 0.127. The minimum absolute atomic E-state index is 0.207. The van der Waals surface area contributed by atoms with Crippen LogP contribution in [0.15, 0.2) is 28.4 Å². The number of ether oxygens (including phenoxy) is 6. The number of nitrogens with zero attached hydrogens (tertiary/aromatic N) is 7. The maximum atomic E-state index is 8.41. The van der Waals surface area contributed by atoms with Crippen molar-refractivity contribution in [1.29, 1.82) is 0 Å². The van der Waals surface area contributed by atoms with Gasteiger partial charge in [-0.25, -0.2) is 0 Å². The van der Waals surface area contributed by atoms with Crippen LogP contribution in [0.4, 0.5) is 0 Å². The first kappa shape index (κ1) is 27.1. The van der Waals surface area contributed by atoms with Crippen LogP contribution in [0.5, 0.6) is 17.2 Å². The lowest BCUT2D eigenvalue weighted by atomic mass is 10.3. The molecular formula is C19H31N7O6. The summed E-state index contributed by atoms with van der Waals surface area (Å²) >= 11 is 0. The number of hydrogen-bond acceptors (Lipinski definition) is 9. The Morgan fingerprint density at radius 1 is 0.812 bits per heavy atom. The zero-order valence-electron chi connectivity index (χ0n) is 18.6. The average Bonchev–Trinajstić information content (AvgIpc) is 2.81. The fraction of sp³-hybridized carbons (Fsp3) is 0.684. The third-order valence-electron chi connectivity index (χ3n) is 4.08. The first-order chi connectivity index (χ1) is 15.8. The van der Waals surface area contributed by atoms with Crippen molar-refractivity contribution in [3.63, 3.8) is 0 Å². The zero-order valence-corrected chi connectivity index (χ0v) is 18.6. The second-order valence-corrected chi connectivity index (χ2v) is 6.09. The molecule has 0 aliphatic rings. The molecular weight excluding hydrogens is 422 g/mol.